The fraction of sp³-hybridized carbons (Fsp3) is 0.300. The number of carbonyl (C=O) groups is 1. The van der Waals surface area contributed by atoms with Crippen molar-refractivity contribution in [2.75, 3.05) is 7.05 Å². The lowest BCUT2D eigenvalue weighted by atomic mass is 10.3. The quantitative estimate of drug-likeness (QED) is 0.495. The van der Waals surface area contributed by atoms with Gasteiger partial charge in [0, 0.05) is 24.1 Å². The Hall–Kier alpha value is -1.56. The zero-order valence-electron chi connectivity index (χ0n) is 8.97. The van der Waals surface area contributed by atoms with E-state index in [0.29, 0.717) is 0 Å². The Balaban J connectivity index is 2.68. The third-order valence-electron chi connectivity index (χ3n) is 1.98. The molecule has 0 aliphatic heterocycles. The maximum atomic E-state index is 11.3. The molecule has 0 heterocycles. The van der Waals surface area contributed by atoms with E-state index >= 15 is 0 Å². The van der Waals surface area contributed by atoms with Crippen LogP contribution in [0, 0.1) is 10.1 Å². The van der Waals surface area contributed by atoms with E-state index < -0.39 is 4.92 Å². The first kappa shape index (κ1) is 12.5. The minimum absolute atomic E-state index is 0.0527. The third kappa shape index (κ3) is 3.23. The largest absolute Gasteiger partial charge is 0.358 e. The van der Waals surface area contributed by atoms with Gasteiger partial charge in [-0.1, -0.05) is 0 Å². The number of amides is 1. The van der Waals surface area contributed by atoms with Gasteiger partial charge in [-0.25, -0.2) is 0 Å². The Kier molecular flexibility index (Phi) is 4.30. The number of rotatable bonds is 4. The van der Waals surface area contributed by atoms with E-state index in [4.69, 9.17) is 0 Å². The summed E-state index contributed by atoms with van der Waals surface area (Å²) in [4.78, 5) is 22.1. The molecular weight excluding hydrogens is 228 g/mol. The average Bonchev–Trinajstić information content (AvgIpc) is 2.28. The van der Waals surface area contributed by atoms with Crippen LogP contribution in [0.3, 0.4) is 0 Å². The van der Waals surface area contributed by atoms with E-state index in [1.807, 2.05) is 0 Å². The van der Waals surface area contributed by atoms with Gasteiger partial charge in [-0.3, -0.25) is 14.9 Å². The molecule has 0 saturated heterocycles. The van der Waals surface area contributed by atoms with E-state index in [1.165, 1.54) is 23.9 Å². The first-order valence-electron chi connectivity index (χ1n) is 4.67. The molecule has 1 atom stereocenters. The molecule has 0 aromatic heterocycles. The van der Waals surface area contributed by atoms with Gasteiger partial charge in [0.1, 0.15) is 0 Å². The van der Waals surface area contributed by atoms with Crippen molar-refractivity contribution in [3.8, 4) is 0 Å². The summed E-state index contributed by atoms with van der Waals surface area (Å²) >= 11 is 1.36. The summed E-state index contributed by atoms with van der Waals surface area (Å²) in [6.45, 7) is 1.78. The van der Waals surface area contributed by atoms with E-state index in [9.17, 15) is 14.9 Å². The molecule has 6 heteroatoms. The number of hydrogen-bond acceptors (Lipinski definition) is 4. The minimum Gasteiger partial charge on any atom is -0.358 e. The average molecular weight is 240 g/mol. The van der Waals surface area contributed by atoms with Crippen LogP contribution in [0.2, 0.25) is 0 Å². The van der Waals surface area contributed by atoms with Gasteiger partial charge in [0.2, 0.25) is 5.91 Å². The summed E-state index contributed by atoms with van der Waals surface area (Å²) in [6, 6.07) is 6.14. The number of benzene rings is 1. The topological polar surface area (TPSA) is 72.2 Å². The second-order valence-corrected chi connectivity index (χ2v) is 4.54. The predicted molar refractivity (Wildman–Crippen MR) is 62.5 cm³/mol. The number of carbonyl (C=O) groups excluding carboxylic acids is 1. The second kappa shape index (κ2) is 5.50. The van der Waals surface area contributed by atoms with Crippen molar-refractivity contribution in [1.29, 1.82) is 0 Å². The highest BCUT2D eigenvalue weighted by Crippen LogP contribution is 2.25. The summed E-state index contributed by atoms with van der Waals surface area (Å²) in [6.07, 6.45) is 0. The van der Waals surface area contributed by atoms with Crippen LogP contribution in [0.25, 0.3) is 0 Å². The highest BCUT2D eigenvalue weighted by molar-refractivity contribution is 8.00. The lowest BCUT2D eigenvalue weighted by Gasteiger charge is -2.08. The SMILES string of the molecule is CNC(=O)C(C)Sc1ccc([N+](=O)[O-])cc1. The molecule has 1 N–H and O–H groups in total. The van der Waals surface area contributed by atoms with Crippen LogP contribution in [0.15, 0.2) is 29.2 Å². The molecule has 0 spiro atoms. The smallest absolute Gasteiger partial charge is 0.269 e. The highest BCUT2D eigenvalue weighted by atomic mass is 32.2. The Morgan fingerprint density at radius 2 is 2.00 bits per heavy atom. The lowest BCUT2D eigenvalue weighted by molar-refractivity contribution is -0.384. The molecule has 0 bridgehead atoms. The molecule has 5 nitrogen and oxygen atoms in total. The van der Waals surface area contributed by atoms with E-state index in [-0.39, 0.29) is 16.8 Å². The fourth-order valence-corrected chi connectivity index (χ4v) is 2.03. The van der Waals surface area contributed by atoms with E-state index in [1.54, 1.807) is 26.1 Å². The van der Waals surface area contributed by atoms with Gasteiger partial charge in [-0.05, 0) is 19.1 Å². The molecule has 1 rings (SSSR count). The van der Waals surface area contributed by atoms with Gasteiger partial charge in [0.25, 0.3) is 5.69 Å². The number of hydrogen-bond donors (Lipinski definition) is 1. The van der Waals surface area contributed by atoms with Crippen LogP contribution < -0.4 is 5.32 Å². The van der Waals surface area contributed by atoms with E-state index in [2.05, 4.69) is 5.32 Å². The number of nitro groups is 1. The van der Waals surface area contributed by atoms with Gasteiger partial charge in [0.05, 0.1) is 10.2 Å². The first-order valence-corrected chi connectivity index (χ1v) is 5.55. The monoisotopic (exact) mass is 240 g/mol. The number of nitrogens with zero attached hydrogens (tertiary/aromatic N) is 1. The van der Waals surface area contributed by atoms with Crippen molar-refractivity contribution in [3.63, 3.8) is 0 Å². The molecular formula is C10H12N2O3S. The molecule has 1 aromatic rings. The maximum absolute atomic E-state index is 11.3. The van der Waals surface area contributed by atoms with Crippen molar-refractivity contribution < 1.29 is 9.72 Å². The molecule has 0 aliphatic carbocycles. The second-order valence-electron chi connectivity index (χ2n) is 3.13. The molecule has 1 amide bonds. The van der Waals surface area contributed by atoms with Crippen LogP contribution in [-0.4, -0.2) is 23.1 Å². The van der Waals surface area contributed by atoms with E-state index in [0.717, 1.165) is 4.90 Å². The minimum atomic E-state index is -0.448. The molecule has 0 saturated carbocycles. The Morgan fingerprint density at radius 3 is 2.44 bits per heavy atom. The maximum Gasteiger partial charge on any atom is 0.269 e. The van der Waals surface area contributed by atoms with Crippen LogP contribution in [0.1, 0.15) is 6.92 Å². The normalized spacial score (nSPS) is 11.9. The predicted octanol–water partition coefficient (Wildman–Crippen LogP) is 1.82. The van der Waals surface area contributed by atoms with Crippen molar-refractivity contribution in [2.45, 2.75) is 17.1 Å². The number of non-ortho nitro benzene ring substituents is 1. The zero-order valence-corrected chi connectivity index (χ0v) is 9.78. The van der Waals surface area contributed by atoms with Crippen LogP contribution in [0.4, 0.5) is 5.69 Å². The Morgan fingerprint density at radius 1 is 1.44 bits per heavy atom. The molecule has 0 fully saturated rings. The molecule has 1 unspecified atom stereocenters. The van der Waals surface area contributed by atoms with Gasteiger partial charge in [-0.15, -0.1) is 11.8 Å². The summed E-state index contributed by atoms with van der Waals surface area (Å²) in [7, 11) is 1.58. The highest BCUT2D eigenvalue weighted by Gasteiger charge is 2.13. The number of nitrogens with one attached hydrogen (secondary N) is 1. The van der Waals surface area contributed by atoms with Gasteiger partial charge < -0.3 is 5.32 Å². The van der Waals surface area contributed by atoms with Crippen molar-refractivity contribution in [1.82, 2.24) is 5.32 Å². The number of thioether (sulfide) groups is 1. The summed E-state index contributed by atoms with van der Waals surface area (Å²) in [5, 5.41) is 12.8. The van der Waals surface area contributed by atoms with Crippen LogP contribution in [0.5, 0.6) is 0 Å². The molecule has 1 aromatic carbocycles. The van der Waals surface area contributed by atoms with Crippen molar-refractivity contribution in [3.05, 3.63) is 34.4 Å². The molecule has 0 radical (unpaired) electrons. The summed E-state index contributed by atoms with van der Waals surface area (Å²) < 4.78 is 0. The summed E-state index contributed by atoms with van der Waals surface area (Å²) in [5.41, 5.74) is 0.0527. The Labute approximate surface area is 97.4 Å². The van der Waals surface area contributed by atoms with Crippen LogP contribution >= 0.6 is 11.8 Å². The Bertz CT molecular complexity index is 392. The fourth-order valence-electron chi connectivity index (χ4n) is 1.11. The standard InChI is InChI=1S/C10H12N2O3S/c1-7(10(13)11-2)16-9-5-3-8(4-6-9)12(14)15/h3-7H,1-2H3,(H,11,13). The van der Waals surface area contributed by atoms with Gasteiger partial charge in [-0.2, -0.15) is 0 Å². The third-order valence-corrected chi connectivity index (χ3v) is 3.09. The molecule has 86 valence electrons. The first-order chi connectivity index (χ1) is 7.54. The van der Waals surface area contributed by atoms with Gasteiger partial charge in [0.15, 0.2) is 0 Å². The summed E-state index contributed by atoms with van der Waals surface area (Å²) in [5.74, 6) is -0.0663. The number of nitro benzene ring substituents is 1. The lowest BCUT2D eigenvalue weighted by Crippen LogP contribution is -2.27. The van der Waals surface area contributed by atoms with Gasteiger partial charge >= 0.3 is 0 Å². The molecule has 0 aliphatic rings. The van der Waals surface area contributed by atoms with Crippen molar-refractivity contribution in [2.24, 2.45) is 0 Å². The van der Waals surface area contributed by atoms with Crippen molar-refractivity contribution >= 4 is 23.4 Å². The van der Waals surface area contributed by atoms with Crippen LogP contribution in [-0.2, 0) is 4.79 Å². The molecule has 16 heavy (non-hydrogen) atoms. The zero-order chi connectivity index (χ0) is 12.1.